The van der Waals surface area contributed by atoms with Crippen LogP contribution in [-0.2, 0) is 6.54 Å². The normalized spacial score (nSPS) is 27.7. The average Bonchev–Trinajstić information content (AvgIpc) is 2.85. The van der Waals surface area contributed by atoms with Gasteiger partial charge in [0.2, 0.25) is 0 Å². The Hall–Kier alpha value is -1.62. The molecule has 120 valence electrons. The molecule has 1 aromatic heterocycles. The topological polar surface area (TPSA) is 48.5 Å². The second-order valence-corrected chi connectivity index (χ2v) is 7.18. The van der Waals surface area contributed by atoms with Crippen LogP contribution in [0, 0.1) is 12.3 Å². The minimum Gasteiger partial charge on any atom is -0.335 e. The van der Waals surface area contributed by atoms with Gasteiger partial charge in [0.25, 0.3) is 0 Å². The fourth-order valence-corrected chi connectivity index (χ4v) is 3.78. The first-order chi connectivity index (χ1) is 10.5. The number of amides is 2. The lowest BCUT2D eigenvalue weighted by Crippen LogP contribution is -2.53. The van der Waals surface area contributed by atoms with Crippen LogP contribution in [0.4, 0.5) is 4.79 Å². The van der Waals surface area contributed by atoms with Crippen molar-refractivity contribution in [3.8, 4) is 0 Å². The molecule has 0 atom stereocenters. The van der Waals surface area contributed by atoms with E-state index in [1.807, 2.05) is 12.3 Å². The molecule has 5 heteroatoms. The molecule has 0 bridgehead atoms. The summed E-state index contributed by atoms with van der Waals surface area (Å²) in [5.41, 5.74) is 2.89. The number of nitrogens with zero attached hydrogens (tertiary/aromatic N) is 3. The lowest BCUT2D eigenvalue weighted by atomic mass is 9.65. The van der Waals surface area contributed by atoms with Crippen molar-refractivity contribution in [2.45, 2.75) is 38.8 Å². The quantitative estimate of drug-likeness (QED) is 0.929. The Balaban J connectivity index is 1.50. The summed E-state index contributed by atoms with van der Waals surface area (Å²) in [5.74, 6) is 0. The van der Waals surface area contributed by atoms with Gasteiger partial charge in [0.1, 0.15) is 0 Å². The lowest BCUT2D eigenvalue weighted by Gasteiger charge is -2.45. The van der Waals surface area contributed by atoms with Crippen LogP contribution in [-0.4, -0.2) is 54.0 Å². The fraction of sp³-hybridized carbons (Fsp3) is 0.647. The van der Waals surface area contributed by atoms with Gasteiger partial charge in [-0.25, -0.2) is 4.79 Å². The second-order valence-electron chi connectivity index (χ2n) is 7.18. The van der Waals surface area contributed by atoms with Crippen LogP contribution in [0.15, 0.2) is 18.3 Å². The van der Waals surface area contributed by atoms with Crippen LogP contribution in [0.5, 0.6) is 0 Å². The number of aromatic nitrogens is 1. The van der Waals surface area contributed by atoms with Gasteiger partial charge in [-0.15, -0.1) is 0 Å². The van der Waals surface area contributed by atoms with E-state index in [1.54, 1.807) is 19.0 Å². The molecule has 1 spiro atoms. The highest BCUT2D eigenvalue weighted by molar-refractivity contribution is 5.74. The number of rotatable bonds is 3. The highest BCUT2D eigenvalue weighted by Gasteiger charge is 2.48. The average molecular weight is 302 g/mol. The van der Waals surface area contributed by atoms with E-state index in [0.717, 1.165) is 32.5 Å². The lowest BCUT2D eigenvalue weighted by molar-refractivity contribution is 0.0897. The molecule has 0 radical (unpaired) electrons. The third kappa shape index (κ3) is 3.09. The second kappa shape index (κ2) is 5.88. The summed E-state index contributed by atoms with van der Waals surface area (Å²) in [6.07, 6.45) is 5.35. The van der Waals surface area contributed by atoms with Gasteiger partial charge in [0.05, 0.1) is 5.69 Å². The number of likely N-dealkylation sites (tertiary alicyclic amines) is 1. The van der Waals surface area contributed by atoms with Crippen LogP contribution in [0.25, 0.3) is 0 Å². The Morgan fingerprint density at radius 1 is 1.50 bits per heavy atom. The molecular weight excluding hydrogens is 276 g/mol. The van der Waals surface area contributed by atoms with Gasteiger partial charge in [-0.1, -0.05) is 6.07 Å². The maximum absolute atomic E-state index is 11.7. The van der Waals surface area contributed by atoms with Crippen molar-refractivity contribution in [2.75, 3.05) is 27.2 Å². The number of pyridine rings is 1. The zero-order chi connectivity index (χ0) is 15.7. The van der Waals surface area contributed by atoms with E-state index in [2.05, 4.69) is 28.2 Å². The number of urea groups is 1. The summed E-state index contributed by atoms with van der Waals surface area (Å²) < 4.78 is 0. The van der Waals surface area contributed by atoms with Gasteiger partial charge >= 0.3 is 6.03 Å². The zero-order valence-electron chi connectivity index (χ0n) is 13.8. The molecular formula is C17H26N4O. The predicted molar refractivity (Wildman–Crippen MR) is 86.5 cm³/mol. The third-order valence-electron chi connectivity index (χ3n) is 5.10. The highest BCUT2D eigenvalue weighted by Crippen LogP contribution is 2.48. The van der Waals surface area contributed by atoms with E-state index in [9.17, 15) is 4.79 Å². The first-order valence-corrected chi connectivity index (χ1v) is 8.08. The summed E-state index contributed by atoms with van der Waals surface area (Å²) in [6.45, 7) is 5.36. The number of aryl methyl sites for hydroxylation is 1. The molecule has 2 amide bonds. The van der Waals surface area contributed by atoms with E-state index in [4.69, 9.17) is 0 Å². The Morgan fingerprint density at radius 3 is 2.95 bits per heavy atom. The van der Waals surface area contributed by atoms with E-state index in [0.29, 0.717) is 11.5 Å². The van der Waals surface area contributed by atoms with Crippen molar-refractivity contribution in [1.29, 1.82) is 0 Å². The highest BCUT2D eigenvalue weighted by atomic mass is 16.2. The van der Waals surface area contributed by atoms with Crippen LogP contribution in [0.1, 0.15) is 30.5 Å². The van der Waals surface area contributed by atoms with Gasteiger partial charge in [-0.2, -0.15) is 0 Å². The summed E-state index contributed by atoms with van der Waals surface area (Å²) >= 11 is 0. The van der Waals surface area contributed by atoms with E-state index >= 15 is 0 Å². The molecule has 1 saturated carbocycles. The first kappa shape index (κ1) is 15.3. The standard InChI is InChI=1S/C17H26N4O/c1-13-5-4-7-18-15(13)11-21-8-6-17(12-21)9-14(10-17)19-16(22)20(2)3/h4-5,7,14H,6,8-12H2,1-3H3,(H,19,22). The van der Waals surface area contributed by atoms with Crippen molar-refractivity contribution < 1.29 is 4.79 Å². The molecule has 1 N–H and O–H groups in total. The van der Waals surface area contributed by atoms with E-state index < -0.39 is 0 Å². The maximum atomic E-state index is 11.7. The van der Waals surface area contributed by atoms with Gasteiger partial charge in [0.15, 0.2) is 0 Å². The van der Waals surface area contributed by atoms with Crippen LogP contribution < -0.4 is 5.32 Å². The Bertz CT molecular complexity index is 551. The SMILES string of the molecule is Cc1cccnc1CN1CCC2(CC(NC(=O)N(C)C)C2)C1. The smallest absolute Gasteiger partial charge is 0.317 e. The predicted octanol–water partition coefficient (Wildman–Crippen LogP) is 2.02. The van der Waals surface area contributed by atoms with Crippen LogP contribution in [0.2, 0.25) is 0 Å². The summed E-state index contributed by atoms with van der Waals surface area (Å²) in [7, 11) is 3.58. The van der Waals surface area contributed by atoms with Crippen molar-refractivity contribution in [3.63, 3.8) is 0 Å². The molecule has 1 aliphatic carbocycles. The summed E-state index contributed by atoms with van der Waals surface area (Å²) in [4.78, 5) is 20.3. The van der Waals surface area contributed by atoms with Gasteiger partial charge in [-0.3, -0.25) is 9.88 Å². The minimum absolute atomic E-state index is 0.0267. The Morgan fingerprint density at radius 2 is 2.27 bits per heavy atom. The molecule has 5 nitrogen and oxygen atoms in total. The molecule has 0 unspecified atom stereocenters. The Labute approximate surface area is 132 Å². The molecule has 1 aliphatic heterocycles. The monoisotopic (exact) mass is 302 g/mol. The van der Waals surface area contributed by atoms with Crippen molar-refractivity contribution in [1.82, 2.24) is 20.1 Å². The molecule has 1 aromatic rings. The summed E-state index contributed by atoms with van der Waals surface area (Å²) in [6, 6.07) is 4.50. The molecule has 1 saturated heterocycles. The number of nitrogens with one attached hydrogen (secondary N) is 1. The van der Waals surface area contributed by atoms with Gasteiger partial charge in [-0.05, 0) is 49.8 Å². The minimum atomic E-state index is 0.0267. The first-order valence-electron chi connectivity index (χ1n) is 8.08. The molecule has 22 heavy (non-hydrogen) atoms. The number of hydrogen-bond donors (Lipinski definition) is 1. The number of hydrogen-bond acceptors (Lipinski definition) is 3. The van der Waals surface area contributed by atoms with Gasteiger partial charge in [0, 0.05) is 39.4 Å². The molecule has 0 aromatic carbocycles. The third-order valence-corrected chi connectivity index (χ3v) is 5.10. The largest absolute Gasteiger partial charge is 0.335 e. The van der Waals surface area contributed by atoms with E-state index in [-0.39, 0.29) is 6.03 Å². The van der Waals surface area contributed by atoms with Crippen LogP contribution in [0.3, 0.4) is 0 Å². The molecule has 3 rings (SSSR count). The summed E-state index contributed by atoms with van der Waals surface area (Å²) in [5, 5.41) is 3.10. The van der Waals surface area contributed by atoms with Crippen molar-refractivity contribution in [3.05, 3.63) is 29.6 Å². The van der Waals surface area contributed by atoms with Gasteiger partial charge < -0.3 is 10.2 Å². The molecule has 2 heterocycles. The zero-order valence-corrected chi connectivity index (χ0v) is 13.8. The molecule has 2 fully saturated rings. The van der Waals surface area contributed by atoms with E-state index in [1.165, 1.54) is 17.7 Å². The van der Waals surface area contributed by atoms with Crippen LogP contribution >= 0.6 is 0 Å². The fourth-order valence-electron chi connectivity index (χ4n) is 3.78. The Kier molecular flexibility index (Phi) is 4.08. The van der Waals surface area contributed by atoms with Crippen molar-refractivity contribution >= 4 is 6.03 Å². The van der Waals surface area contributed by atoms with Crippen molar-refractivity contribution in [2.24, 2.45) is 5.41 Å². The number of carbonyl (C=O) groups excluding carboxylic acids is 1. The number of carbonyl (C=O) groups is 1. The maximum Gasteiger partial charge on any atom is 0.317 e. The molecule has 2 aliphatic rings.